The normalized spacial score (nSPS) is 15.1. The highest BCUT2D eigenvalue weighted by Gasteiger charge is 2.19. The Morgan fingerprint density at radius 3 is 3.05 bits per heavy atom. The quantitative estimate of drug-likeness (QED) is 0.920. The summed E-state index contributed by atoms with van der Waals surface area (Å²) in [5.41, 5.74) is 3.69. The van der Waals surface area contributed by atoms with Crippen molar-refractivity contribution in [3.05, 3.63) is 51.6 Å². The topological polar surface area (TPSA) is 29.9 Å². The number of imidazole rings is 1. The molecule has 3 rings (SSSR count). The van der Waals surface area contributed by atoms with Crippen LogP contribution in [0.4, 0.5) is 4.39 Å². The number of aromatic nitrogens is 2. The Morgan fingerprint density at radius 1 is 1.48 bits per heavy atom. The van der Waals surface area contributed by atoms with E-state index >= 15 is 0 Å². The average molecular weight is 306 g/mol. The summed E-state index contributed by atoms with van der Waals surface area (Å²) in [6, 6.07) is 5.48. The van der Waals surface area contributed by atoms with Crippen LogP contribution in [0.2, 0.25) is 5.02 Å². The summed E-state index contributed by atoms with van der Waals surface area (Å²) in [5, 5.41) is 3.89. The van der Waals surface area contributed by atoms with Gasteiger partial charge in [0.2, 0.25) is 0 Å². The molecule has 0 saturated carbocycles. The molecule has 0 aliphatic carbocycles. The van der Waals surface area contributed by atoms with Gasteiger partial charge in [0.1, 0.15) is 0 Å². The Hall–Kier alpha value is -1.65. The van der Waals surface area contributed by atoms with Crippen LogP contribution in [0.1, 0.15) is 28.3 Å². The monoisotopic (exact) mass is 305 g/mol. The maximum Gasteiger partial charge on any atom is 0.169 e. The lowest BCUT2D eigenvalue weighted by atomic mass is 10.1. The number of nitrogens with one attached hydrogen (secondary N) is 1. The van der Waals surface area contributed by atoms with Gasteiger partial charge in [-0.05, 0) is 30.2 Å². The first-order valence-corrected chi connectivity index (χ1v) is 7.33. The number of nitrogens with zero attached hydrogens (tertiary/aromatic N) is 2. The Morgan fingerprint density at radius 2 is 2.29 bits per heavy atom. The van der Waals surface area contributed by atoms with Crippen molar-refractivity contribution in [3.63, 3.8) is 0 Å². The minimum Gasteiger partial charge on any atom is -0.329 e. The summed E-state index contributed by atoms with van der Waals surface area (Å²) < 4.78 is 16.4. The van der Waals surface area contributed by atoms with Gasteiger partial charge in [0.25, 0.3) is 0 Å². The van der Waals surface area contributed by atoms with Crippen LogP contribution in [0.5, 0.6) is 0 Å². The van der Waals surface area contributed by atoms with Gasteiger partial charge in [-0.25, -0.2) is 9.37 Å². The van der Waals surface area contributed by atoms with E-state index < -0.39 is 0 Å². The maximum atomic E-state index is 14.6. The van der Waals surface area contributed by atoms with Crippen molar-refractivity contribution >= 4 is 23.5 Å². The smallest absolute Gasteiger partial charge is 0.169 e. The van der Waals surface area contributed by atoms with Gasteiger partial charge < -0.3 is 9.88 Å². The molecule has 3 nitrogen and oxygen atoms in total. The molecular weight excluding hydrogens is 289 g/mol. The number of benzene rings is 1. The molecule has 0 saturated heterocycles. The van der Waals surface area contributed by atoms with Crippen molar-refractivity contribution in [2.45, 2.75) is 19.9 Å². The van der Waals surface area contributed by atoms with Crippen LogP contribution in [-0.4, -0.2) is 16.1 Å². The molecule has 2 aromatic rings. The van der Waals surface area contributed by atoms with E-state index in [2.05, 4.69) is 10.3 Å². The second-order valence-electron chi connectivity index (χ2n) is 5.26. The van der Waals surface area contributed by atoms with Gasteiger partial charge in [-0.1, -0.05) is 23.7 Å². The summed E-state index contributed by atoms with van der Waals surface area (Å²) in [7, 11) is 1.87. The maximum absolute atomic E-state index is 14.6. The third kappa shape index (κ3) is 2.61. The predicted molar refractivity (Wildman–Crippen MR) is 83.8 cm³/mol. The second kappa shape index (κ2) is 5.62. The van der Waals surface area contributed by atoms with Crippen LogP contribution >= 0.6 is 11.6 Å². The first-order valence-electron chi connectivity index (χ1n) is 6.96. The van der Waals surface area contributed by atoms with Crippen molar-refractivity contribution in [2.24, 2.45) is 7.05 Å². The Labute approximate surface area is 128 Å². The van der Waals surface area contributed by atoms with E-state index in [1.165, 1.54) is 6.08 Å². The molecule has 0 bridgehead atoms. The first-order chi connectivity index (χ1) is 10.1. The minimum atomic E-state index is -0.336. The fraction of sp³-hybridized carbons (Fsp3) is 0.312. The fourth-order valence-corrected chi connectivity index (χ4v) is 2.83. The molecular formula is C16H17ClFN3. The number of fused-ring (bicyclic) bond motifs is 1. The SMILES string of the molecule is Cc1c(Cl)cccc1/C=C(\F)c1nc2c(n1C)CCNC2. The zero-order valence-electron chi connectivity index (χ0n) is 12.1. The van der Waals surface area contributed by atoms with Crippen LogP contribution in [0.3, 0.4) is 0 Å². The minimum absolute atomic E-state index is 0.336. The highest BCUT2D eigenvalue weighted by molar-refractivity contribution is 6.31. The molecule has 1 aromatic heterocycles. The molecule has 1 aliphatic rings. The molecule has 0 amide bonds. The number of hydrogen-bond donors (Lipinski definition) is 1. The summed E-state index contributed by atoms with van der Waals surface area (Å²) in [6.07, 6.45) is 2.38. The largest absolute Gasteiger partial charge is 0.329 e. The van der Waals surface area contributed by atoms with E-state index in [1.54, 1.807) is 6.07 Å². The van der Waals surface area contributed by atoms with Gasteiger partial charge in [0.15, 0.2) is 11.7 Å². The van der Waals surface area contributed by atoms with Gasteiger partial charge in [0, 0.05) is 37.3 Å². The number of hydrogen-bond acceptors (Lipinski definition) is 2. The molecule has 0 atom stereocenters. The zero-order chi connectivity index (χ0) is 15.0. The highest BCUT2D eigenvalue weighted by atomic mass is 35.5. The van der Waals surface area contributed by atoms with Gasteiger partial charge in [-0.3, -0.25) is 0 Å². The lowest BCUT2D eigenvalue weighted by molar-refractivity contribution is 0.611. The summed E-state index contributed by atoms with van der Waals surface area (Å²) in [5.74, 6) is 0.0420. The van der Waals surface area contributed by atoms with Gasteiger partial charge in [0.05, 0.1) is 5.69 Å². The lowest BCUT2D eigenvalue weighted by Crippen LogP contribution is -2.24. The summed E-state index contributed by atoms with van der Waals surface area (Å²) >= 11 is 6.08. The van der Waals surface area contributed by atoms with Crippen molar-refractivity contribution < 1.29 is 4.39 Å². The van der Waals surface area contributed by atoms with Crippen LogP contribution in [-0.2, 0) is 20.0 Å². The molecule has 2 heterocycles. The molecule has 0 spiro atoms. The number of rotatable bonds is 2. The number of halogens is 2. The van der Waals surface area contributed by atoms with Crippen LogP contribution in [0.25, 0.3) is 11.9 Å². The molecule has 5 heteroatoms. The van der Waals surface area contributed by atoms with E-state index in [1.807, 2.05) is 30.7 Å². The van der Waals surface area contributed by atoms with Crippen molar-refractivity contribution in [1.29, 1.82) is 0 Å². The van der Waals surface area contributed by atoms with Crippen molar-refractivity contribution in [2.75, 3.05) is 6.54 Å². The van der Waals surface area contributed by atoms with E-state index in [4.69, 9.17) is 11.6 Å². The van der Waals surface area contributed by atoms with E-state index in [0.29, 0.717) is 17.4 Å². The lowest BCUT2D eigenvalue weighted by Gasteiger charge is -2.12. The Bertz CT molecular complexity index is 719. The third-order valence-electron chi connectivity index (χ3n) is 3.93. The standard InChI is InChI=1S/C16H17ClFN3/c1-10-11(4-3-5-12(10)17)8-13(18)16-20-14-9-19-7-6-15(14)21(16)2/h3-5,8,19H,6-7,9H2,1-2H3/b13-8-. The molecule has 0 unspecified atom stereocenters. The second-order valence-corrected chi connectivity index (χ2v) is 5.67. The van der Waals surface area contributed by atoms with Gasteiger partial charge in [-0.2, -0.15) is 0 Å². The van der Waals surface area contributed by atoms with E-state index in [-0.39, 0.29) is 5.83 Å². The molecule has 1 aliphatic heterocycles. The Balaban J connectivity index is 2.02. The van der Waals surface area contributed by atoms with E-state index in [0.717, 1.165) is 35.5 Å². The van der Waals surface area contributed by atoms with Crippen LogP contribution in [0.15, 0.2) is 18.2 Å². The summed E-state index contributed by atoms with van der Waals surface area (Å²) in [4.78, 5) is 4.42. The van der Waals surface area contributed by atoms with E-state index in [9.17, 15) is 4.39 Å². The molecule has 110 valence electrons. The third-order valence-corrected chi connectivity index (χ3v) is 4.34. The molecule has 1 aromatic carbocycles. The Kier molecular flexibility index (Phi) is 3.83. The zero-order valence-corrected chi connectivity index (χ0v) is 12.8. The average Bonchev–Trinajstić information content (AvgIpc) is 2.82. The van der Waals surface area contributed by atoms with Gasteiger partial charge in [-0.15, -0.1) is 0 Å². The van der Waals surface area contributed by atoms with Crippen LogP contribution < -0.4 is 5.32 Å². The van der Waals surface area contributed by atoms with Crippen molar-refractivity contribution in [3.8, 4) is 0 Å². The van der Waals surface area contributed by atoms with Crippen LogP contribution in [0, 0.1) is 6.92 Å². The fourth-order valence-electron chi connectivity index (χ4n) is 2.65. The molecule has 1 N–H and O–H groups in total. The highest BCUT2D eigenvalue weighted by Crippen LogP contribution is 2.26. The van der Waals surface area contributed by atoms with Crippen molar-refractivity contribution in [1.82, 2.24) is 14.9 Å². The predicted octanol–water partition coefficient (Wildman–Crippen LogP) is 3.50. The molecule has 0 radical (unpaired) electrons. The molecule has 0 fully saturated rings. The first kappa shape index (κ1) is 14.3. The van der Waals surface area contributed by atoms with Gasteiger partial charge >= 0.3 is 0 Å². The summed E-state index contributed by atoms with van der Waals surface area (Å²) in [6.45, 7) is 3.49. The molecule has 21 heavy (non-hydrogen) atoms.